The summed E-state index contributed by atoms with van der Waals surface area (Å²) in [5.74, 6) is 2.13. The van der Waals surface area contributed by atoms with E-state index in [1.807, 2.05) is 68.7 Å². The van der Waals surface area contributed by atoms with Crippen LogP contribution in [-0.4, -0.2) is 59.5 Å². The van der Waals surface area contributed by atoms with E-state index in [-0.39, 0.29) is 17.0 Å². The fourth-order valence-corrected chi connectivity index (χ4v) is 3.89. The molecule has 0 fully saturated rings. The molecule has 38 heavy (non-hydrogen) atoms. The van der Waals surface area contributed by atoms with Gasteiger partial charge in [-0.2, -0.15) is 0 Å². The Morgan fingerprint density at radius 1 is 0.974 bits per heavy atom. The van der Waals surface area contributed by atoms with Gasteiger partial charge in [0.25, 0.3) is 5.91 Å². The van der Waals surface area contributed by atoms with Crippen LogP contribution in [-0.2, 0) is 5.41 Å². The number of likely N-dealkylation sites (N-methyl/N-ethyl adjacent to an activating group) is 2. The fraction of sp³-hybridized carbons (Fsp3) is 0.333. The molecule has 0 unspecified atom stereocenters. The average Bonchev–Trinajstić information content (AvgIpc) is 3.41. The lowest BCUT2D eigenvalue weighted by Gasteiger charge is -2.24. The van der Waals surface area contributed by atoms with Crippen molar-refractivity contribution in [2.24, 2.45) is 0 Å². The Morgan fingerprint density at radius 2 is 1.68 bits per heavy atom. The number of nitrogens with one attached hydrogen (secondary N) is 1. The van der Waals surface area contributed by atoms with Crippen LogP contribution in [0.15, 0.2) is 71.3 Å². The van der Waals surface area contributed by atoms with E-state index in [2.05, 4.69) is 52.8 Å². The number of anilines is 2. The van der Waals surface area contributed by atoms with Crippen molar-refractivity contribution < 1.29 is 9.21 Å². The van der Waals surface area contributed by atoms with Crippen LogP contribution in [0.25, 0.3) is 22.8 Å². The van der Waals surface area contributed by atoms with Crippen LogP contribution in [0.5, 0.6) is 0 Å². The summed E-state index contributed by atoms with van der Waals surface area (Å²) in [6.45, 7) is 10.7. The fourth-order valence-electron chi connectivity index (χ4n) is 3.89. The van der Waals surface area contributed by atoms with E-state index in [1.165, 1.54) is 0 Å². The topological polar surface area (TPSA) is 87.4 Å². The van der Waals surface area contributed by atoms with E-state index < -0.39 is 0 Å². The van der Waals surface area contributed by atoms with Crippen LogP contribution in [0.2, 0.25) is 0 Å². The van der Waals surface area contributed by atoms with Crippen molar-refractivity contribution in [2.75, 3.05) is 43.9 Å². The van der Waals surface area contributed by atoms with Gasteiger partial charge in [-0.15, -0.1) is 0 Å². The van der Waals surface area contributed by atoms with E-state index in [1.54, 1.807) is 12.3 Å². The van der Waals surface area contributed by atoms with Gasteiger partial charge in [0.15, 0.2) is 5.82 Å². The minimum atomic E-state index is -0.329. The van der Waals surface area contributed by atoms with Crippen LogP contribution in [0.4, 0.5) is 11.5 Å². The number of rotatable bonds is 9. The van der Waals surface area contributed by atoms with Gasteiger partial charge in [-0.05, 0) is 33.2 Å². The summed E-state index contributed by atoms with van der Waals surface area (Å²) in [7, 11) is 4.08. The highest BCUT2D eigenvalue weighted by atomic mass is 16.4. The molecular formula is C30H36N6O2. The zero-order valence-corrected chi connectivity index (χ0v) is 23.0. The highest BCUT2D eigenvalue weighted by molar-refractivity contribution is 6.05. The standard InChI is InChI=1S/C30H36N6O2/c1-7-36(18-17-35(5)6)26-19-24(32-27(34-26)21-13-9-8-10-14-21)28(37)33-23-16-12-11-15-22(23)29-31-20-25(38-29)30(2,3)4/h8-16,19-20H,7,17-18H2,1-6H3,(H,33,37). The van der Waals surface area contributed by atoms with Crippen LogP contribution >= 0.6 is 0 Å². The molecule has 0 saturated heterocycles. The third kappa shape index (κ3) is 6.44. The smallest absolute Gasteiger partial charge is 0.274 e. The number of para-hydroxylation sites is 1. The minimum Gasteiger partial charge on any atom is -0.441 e. The summed E-state index contributed by atoms with van der Waals surface area (Å²) in [5, 5.41) is 3.03. The predicted octanol–water partition coefficient (Wildman–Crippen LogP) is 5.74. The summed E-state index contributed by atoms with van der Waals surface area (Å²) in [5.41, 5.74) is 2.26. The van der Waals surface area contributed by atoms with Gasteiger partial charge >= 0.3 is 0 Å². The number of benzene rings is 2. The molecule has 0 radical (unpaired) electrons. The van der Waals surface area contributed by atoms with E-state index in [0.29, 0.717) is 28.8 Å². The molecule has 0 aliphatic carbocycles. The van der Waals surface area contributed by atoms with Crippen molar-refractivity contribution in [1.82, 2.24) is 19.9 Å². The normalized spacial score (nSPS) is 11.6. The largest absolute Gasteiger partial charge is 0.441 e. The summed E-state index contributed by atoms with van der Waals surface area (Å²) >= 11 is 0. The molecule has 0 bridgehead atoms. The van der Waals surface area contributed by atoms with Gasteiger partial charge in [-0.3, -0.25) is 4.79 Å². The number of amides is 1. The van der Waals surface area contributed by atoms with Crippen LogP contribution < -0.4 is 10.2 Å². The van der Waals surface area contributed by atoms with Gasteiger partial charge in [0.2, 0.25) is 5.89 Å². The molecular weight excluding hydrogens is 476 g/mol. The maximum atomic E-state index is 13.6. The van der Waals surface area contributed by atoms with Crippen molar-refractivity contribution >= 4 is 17.4 Å². The molecule has 0 atom stereocenters. The molecule has 2 aromatic heterocycles. The summed E-state index contributed by atoms with van der Waals surface area (Å²) < 4.78 is 6.05. The first-order valence-electron chi connectivity index (χ1n) is 12.9. The molecule has 8 heteroatoms. The van der Waals surface area contributed by atoms with Gasteiger partial charge in [0.05, 0.1) is 17.4 Å². The second-order valence-corrected chi connectivity index (χ2v) is 10.5. The third-order valence-electron chi connectivity index (χ3n) is 6.15. The van der Waals surface area contributed by atoms with Crippen molar-refractivity contribution in [3.05, 3.63) is 78.3 Å². The van der Waals surface area contributed by atoms with Gasteiger partial charge in [-0.25, -0.2) is 15.0 Å². The van der Waals surface area contributed by atoms with E-state index in [9.17, 15) is 4.79 Å². The minimum absolute atomic E-state index is 0.174. The van der Waals surface area contributed by atoms with Gasteiger partial charge in [0.1, 0.15) is 17.3 Å². The highest BCUT2D eigenvalue weighted by Crippen LogP contribution is 2.32. The van der Waals surface area contributed by atoms with Crippen LogP contribution in [0.3, 0.4) is 0 Å². The molecule has 0 aliphatic heterocycles. The van der Waals surface area contributed by atoms with E-state index in [0.717, 1.165) is 31.0 Å². The second-order valence-electron chi connectivity index (χ2n) is 10.5. The Labute approximate surface area is 224 Å². The lowest BCUT2D eigenvalue weighted by Crippen LogP contribution is -2.32. The molecule has 4 rings (SSSR count). The van der Waals surface area contributed by atoms with Gasteiger partial charge in [-0.1, -0.05) is 63.2 Å². The first kappa shape index (κ1) is 27.0. The number of nitrogens with zero attached hydrogens (tertiary/aromatic N) is 5. The van der Waals surface area contributed by atoms with Gasteiger partial charge in [0, 0.05) is 36.7 Å². The summed E-state index contributed by atoms with van der Waals surface area (Å²) in [4.78, 5) is 31.8. The molecule has 2 aromatic carbocycles. The van der Waals surface area contributed by atoms with Crippen molar-refractivity contribution in [1.29, 1.82) is 0 Å². The first-order chi connectivity index (χ1) is 18.2. The Morgan fingerprint density at radius 3 is 2.34 bits per heavy atom. The Kier molecular flexibility index (Phi) is 8.22. The highest BCUT2D eigenvalue weighted by Gasteiger charge is 2.22. The third-order valence-corrected chi connectivity index (χ3v) is 6.15. The first-order valence-corrected chi connectivity index (χ1v) is 12.9. The van der Waals surface area contributed by atoms with E-state index in [4.69, 9.17) is 9.40 Å². The number of hydrogen-bond acceptors (Lipinski definition) is 7. The Bertz CT molecular complexity index is 1380. The zero-order valence-electron chi connectivity index (χ0n) is 23.0. The second kappa shape index (κ2) is 11.6. The number of carbonyl (C=O) groups is 1. The Balaban J connectivity index is 1.69. The van der Waals surface area contributed by atoms with Crippen molar-refractivity contribution in [3.8, 4) is 22.8 Å². The number of aromatic nitrogens is 3. The quantitative estimate of drug-likeness (QED) is 0.306. The maximum absolute atomic E-state index is 13.6. The lowest BCUT2D eigenvalue weighted by molar-refractivity contribution is 0.102. The number of carbonyl (C=O) groups excluding carboxylic acids is 1. The Hall–Kier alpha value is -4.04. The monoisotopic (exact) mass is 512 g/mol. The van der Waals surface area contributed by atoms with Crippen LogP contribution in [0.1, 0.15) is 43.9 Å². The average molecular weight is 513 g/mol. The summed E-state index contributed by atoms with van der Waals surface area (Å²) in [6, 6.07) is 19.0. The molecule has 0 saturated carbocycles. The molecule has 8 nitrogen and oxygen atoms in total. The number of hydrogen-bond donors (Lipinski definition) is 1. The molecule has 0 aliphatic rings. The predicted molar refractivity (Wildman–Crippen MR) is 153 cm³/mol. The lowest BCUT2D eigenvalue weighted by atomic mass is 9.94. The van der Waals surface area contributed by atoms with Crippen LogP contribution in [0, 0.1) is 0 Å². The SMILES string of the molecule is CCN(CCN(C)C)c1cc(C(=O)Nc2ccccc2-c2ncc(C(C)(C)C)o2)nc(-c2ccccc2)n1. The molecule has 1 N–H and O–H groups in total. The van der Waals surface area contributed by atoms with Crippen molar-refractivity contribution in [2.45, 2.75) is 33.1 Å². The summed E-state index contributed by atoms with van der Waals surface area (Å²) in [6.07, 6.45) is 1.74. The molecule has 4 aromatic rings. The maximum Gasteiger partial charge on any atom is 0.274 e. The van der Waals surface area contributed by atoms with Gasteiger partial charge < -0.3 is 19.5 Å². The molecule has 198 valence electrons. The van der Waals surface area contributed by atoms with Crippen molar-refractivity contribution in [3.63, 3.8) is 0 Å². The van der Waals surface area contributed by atoms with E-state index >= 15 is 0 Å². The molecule has 1 amide bonds. The zero-order chi connectivity index (χ0) is 27.3. The molecule has 0 spiro atoms. The number of oxazole rings is 1. The molecule has 2 heterocycles.